The molecule has 0 bridgehead atoms. The van der Waals surface area contributed by atoms with E-state index in [0.29, 0.717) is 24.3 Å². The third-order valence-electron chi connectivity index (χ3n) is 4.17. The van der Waals surface area contributed by atoms with Crippen molar-refractivity contribution in [3.8, 4) is 0 Å². The van der Waals surface area contributed by atoms with Gasteiger partial charge in [-0.3, -0.25) is 4.79 Å². The first-order chi connectivity index (χ1) is 9.99. The van der Waals surface area contributed by atoms with Gasteiger partial charge in [-0.2, -0.15) is 0 Å². The number of benzene rings is 1. The number of ether oxygens (including phenoxy) is 1. The van der Waals surface area contributed by atoms with Gasteiger partial charge >= 0.3 is 0 Å². The molecule has 2 aromatic rings. The van der Waals surface area contributed by atoms with E-state index in [4.69, 9.17) is 10.5 Å². The number of fused-ring (bicyclic) bond motifs is 1. The van der Waals surface area contributed by atoms with Gasteiger partial charge in [-0.05, 0) is 25.1 Å². The molecule has 6 nitrogen and oxygen atoms in total. The summed E-state index contributed by atoms with van der Waals surface area (Å²) in [6.45, 7) is 2.50. The van der Waals surface area contributed by atoms with Crippen molar-refractivity contribution in [1.29, 1.82) is 0 Å². The fourth-order valence-corrected chi connectivity index (χ4v) is 2.66. The van der Waals surface area contributed by atoms with E-state index in [9.17, 15) is 9.90 Å². The van der Waals surface area contributed by atoms with Gasteiger partial charge < -0.3 is 25.9 Å². The molecule has 6 heteroatoms. The molecule has 1 saturated heterocycles. The van der Waals surface area contributed by atoms with Crippen LogP contribution in [0.2, 0.25) is 0 Å². The highest BCUT2D eigenvalue weighted by atomic mass is 16.5. The number of anilines is 1. The predicted octanol–water partition coefficient (Wildman–Crippen LogP) is 1.02. The van der Waals surface area contributed by atoms with Crippen molar-refractivity contribution in [2.45, 2.75) is 25.0 Å². The Kier molecular flexibility index (Phi) is 3.35. The molecule has 1 aromatic carbocycles. The normalized spacial score (nSPS) is 25.3. The summed E-state index contributed by atoms with van der Waals surface area (Å²) < 4.78 is 5.35. The zero-order chi connectivity index (χ0) is 15.0. The highest BCUT2D eigenvalue weighted by molar-refractivity contribution is 6.07. The molecular formula is C15H19N3O3. The number of aromatic amines is 1. The van der Waals surface area contributed by atoms with Gasteiger partial charge in [0.05, 0.1) is 11.7 Å². The maximum atomic E-state index is 12.3. The minimum absolute atomic E-state index is 0.175. The van der Waals surface area contributed by atoms with Crippen LogP contribution in [0, 0.1) is 0 Å². The standard InChI is InChI=1S/C15H19N3O3/c1-9-15(20,4-5-21-9)8-18-14(19)12-7-17-13-6-10(16)2-3-11(12)13/h2-3,6-7,9,17,20H,4-5,8,16H2,1H3,(H,18,19). The summed E-state index contributed by atoms with van der Waals surface area (Å²) in [5.41, 5.74) is 6.72. The number of nitrogens with one attached hydrogen (secondary N) is 2. The molecule has 0 spiro atoms. The van der Waals surface area contributed by atoms with Crippen molar-refractivity contribution in [3.05, 3.63) is 30.0 Å². The van der Waals surface area contributed by atoms with Crippen molar-refractivity contribution in [1.82, 2.24) is 10.3 Å². The Hall–Kier alpha value is -2.05. The minimum Gasteiger partial charge on any atom is -0.399 e. The smallest absolute Gasteiger partial charge is 0.253 e. The first-order valence-corrected chi connectivity index (χ1v) is 6.98. The van der Waals surface area contributed by atoms with Crippen LogP contribution in [-0.4, -0.2) is 40.9 Å². The Morgan fingerprint density at radius 2 is 2.43 bits per heavy atom. The van der Waals surface area contributed by atoms with Crippen LogP contribution < -0.4 is 11.1 Å². The first kappa shape index (κ1) is 13.9. The number of hydrogen-bond acceptors (Lipinski definition) is 4. The van der Waals surface area contributed by atoms with Crippen LogP contribution in [0.1, 0.15) is 23.7 Å². The summed E-state index contributed by atoms with van der Waals surface area (Å²) in [6.07, 6.45) is 1.90. The molecule has 0 aliphatic carbocycles. The molecular weight excluding hydrogens is 270 g/mol. The zero-order valence-corrected chi connectivity index (χ0v) is 11.8. The molecule has 1 aliphatic rings. The van der Waals surface area contributed by atoms with Crippen molar-refractivity contribution < 1.29 is 14.6 Å². The lowest BCUT2D eigenvalue weighted by Gasteiger charge is -2.26. The summed E-state index contributed by atoms with van der Waals surface area (Å²) in [5, 5.41) is 14.0. The third kappa shape index (κ3) is 2.48. The number of H-pyrrole nitrogens is 1. The third-order valence-corrected chi connectivity index (χ3v) is 4.17. The number of amides is 1. The van der Waals surface area contributed by atoms with Crippen LogP contribution in [0.15, 0.2) is 24.4 Å². The number of aromatic nitrogens is 1. The van der Waals surface area contributed by atoms with Gasteiger partial charge in [0.25, 0.3) is 5.91 Å². The second-order valence-electron chi connectivity index (χ2n) is 5.56. The van der Waals surface area contributed by atoms with Crippen LogP contribution in [0.25, 0.3) is 10.9 Å². The van der Waals surface area contributed by atoms with Crippen molar-refractivity contribution in [2.75, 3.05) is 18.9 Å². The Bertz CT molecular complexity index is 682. The molecule has 1 fully saturated rings. The quantitative estimate of drug-likeness (QED) is 0.634. The van der Waals surface area contributed by atoms with Gasteiger partial charge in [-0.1, -0.05) is 0 Å². The van der Waals surface area contributed by atoms with E-state index in [1.165, 1.54) is 0 Å². The van der Waals surface area contributed by atoms with E-state index in [0.717, 1.165) is 10.9 Å². The predicted molar refractivity (Wildman–Crippen MR) is 80.0 cm³/mol. The topological polar surface area (TPSA) is 100 Å². The molecule has 1 aromatic heterocycles. The Labute approximate surface area is 122 Å². The monoisotopic (exact) mass is 289 g/mol. The molecule has 21 heavy (non-hydrogen) atoms. The van der Waals surface area contributed by atoms with Crippen molar-refractivity contribution in [3.63, 3.8) is 0 Å². The fraction of sp³-hybridized carbons (Fsp3) is 0.400. The van der Waals surface area contributed by atoms with Crippen LogP contribution in [0.5, 0.6) is 0 Å². The second kappa shape index (κ2) is 5.05. The molecule has 1 aliphatic heterocycles. The average Bonchev–Trinajstić information content (AvgIpc) is 3.01. The minimum atomic E-state index is -0.994. The van der Waals surface area contributed by atoms with Crippen molar-refractivity contribution >= 4 is 22.5 Å². The number of nitrogen functional groups attached to an aromatic ring is 1. The Morgan fingerprint density at radius 1 is 1.62 bits per heavy atom. The summed E-state index contributed by atoms with van der Waals surface area (Å²) in [7, 11) is 0. The summed E-state index contributed by atoms with van der Waals surface area (Å²) in [4.78, 5) is 15.3. The molecule has 2 atom stereocenters. The van der Waals surface area contributed by atoms with Crippen molar-refractivity contribution in [2.24, 2.45) is 0 Å². The number of hydrogen-bond donors (Lipinski definition) is 4. The van der Waals surface area contributed by atoms with E-state index < -0.39 is 5.60 Å². The molecule has 1 amide bonds. The zero-order valence-electron chi connectivity index (χ0n) is 11.8. The summed E-state index contributed by atoms with van der Waals surface area (Å²) in [6, 6.07) is 5.35. The SMILES string of the molecule is CC1OCCC1(O)CNC(=O)c1c[nH]c2cc(N)ccc12. The van der Waals surface area contributed by atoms with Crippen LogP contribution >= 0.6 is 0 Å². The van der Waals surface area contributed by atoms with E-state index >= 15 is 0 Å². The molecule has 0 saturated carbocycles. The maximum absolute atomic E-state index is 12.3. The van der Waals surface area contributed by atoms with Gasteiger partial charge in [-0.15, -0.1) is 0 Å². The van der Waals surface area contributed by atoms with Gasteiger partial charge in [-0.25, -0.2) is 0 Å². The molecule has 0 radical (unpaired) electrons. The molecule has 2 unspecified atom stereocenters. The maximum Gasteiger partial charge on any atom is 0.253 e. The number of nitrogens with two attached hydrogens (primary N) is 1. The van der Waals surface area contributed by atoms with Crippen LogP contribution in [0.4, 0.5) is 5.69 Å². The van der Waals surface area contributed by atoms with E-state index in [2.05, 4.69) is 10.3 Å². The van der Waals surface area contributed by atoms with E-state index in [1.54, 1.807) is 18.3 Å². The fourth-order valence-electron chi connectivity index (χ4n) is 2.66. The Morgan fingerprint density at radius 3 is 3.14 bits per heavy atom. The van der Waals surface area contributed by atoms with Gasteiger partial charge in [0, 0.05) is 42.4 Å². The summed E-state index contributed by atoms with van der Waals surface area (Å²) in [5.74, 6) is -0.224. The van der Waals surface area contributed by atoms with E-state index in [-0.39, 0.29) is 18.6 Å². The van der Waals surface area contributed by atoms with Crippen LogP contribution in [-0.2, 0) is 4.74 Å². The molecule has 2 heterocycles. The molecule has 112 valence electrons. The summed E-state index contributed by atoms with van der Waals surface area (Å²) >= 11 is 0. The highest BCUT2D eigenvalue weighted by Crippen LogP contribution is 2.25. The largest absolute Gasteiger partial charge is 0.399 e. The van der Waals surface area contributed by atoms with Gasteiger partial charge in [0.2, 0.25) is 0 Å². The molecule has 3 rings (SSSR count). The lowest BCUT2D eigenvalue weighted by molar-refractivity contribution is -0.0251. The number of rotatable bonds is 3. The average molecular weight is 289 g/mol. The number of aliphatic hydroxyl groups is 1. The van der Waals surface area contributed by atoms with E-state index in [1.807, 2.05) is 13.0 Å². The molecule has 5 N–H and O–H groups in total. The highest BCUT2D eigenvalue weighted by Gasteiger charge is 2.39. The Balaban J connectivity index is 1.75. The first-order valence-electron chi connectivity index (χ1n) is 6.98. The second-order valence-corrected chi connectivity index (χ2v) is 5.56. The van der Waals surface area contributed by atoms with Gasteiger partial charge in [0.1, 0.15) is 5.60 Å². The number of carbonyl (C=O) groups excluding carboxylic acids is 1. The van der Waals surface area contributed by atoms with Gasteiger partial charge in [0.15, 0.2) is 0 Å². The lowest BCUT2D eigenvalue weighted by atomic mass is 9.96. The lowest BCUT2D eigenvalue weighted by Crippen LogP contribution is -2.47. The number of carbonyl (C=O) groups is 1. The van der Waals surface area contributed by atoms with Crippen LogP contribution in [0.3, 0.4) is 0 Å².